The van der Waals surface area contributed by atoms with E-state index in [1.54, 1.807) is 6.07 Å². The largest absolute Gasteiger partial charge is 0.283 e. The fourth-order valence-corrected chi connectivity index (χ4v) is 2.96. The van der Waals surface area contributed by atoms with Crippen LogP contribution in [0.2, 0.25) is 0 Å². The molecule has 0 fully saturated rings. The quantitative estimate of drug-likeness (QED) is 0.411. The molecule has 0 N–H and O–H groups in total. The van der Waals surface area contributed by atoms with Crippen LogP contribution in [0.15, 0.2) is 22.7 Å². The molecule has 0 aliphatic rings. The number of rotatable bonds is 6. The van der Waals surface area contributed by atoms with E-state index in [0.29, 0.717) is 9.30 Å². The Labute approximate surface area is 118 Å². The summed E-state index contributed by atoms with van der Waals surface area (Å²) in [4.78, 5) is 10.9. The van der Waals surface area contributed by atoms with Crippen LogP contribution < -0.4 is 0 Å². The molecule has 1 aromatic rings. The third-order valence-electron chi connectivity index (χ3n) is 2.58. The van der Waals surface area contributed by atoms with Crippen molar-refractivity contribution in [3.63, 3.8) is 0 Å². The van der Waals surface area contributed by atoms with E-state index < -0.39 is 0 Å². The molecular formula is C12H15Br2NO2. The molecule has 1 unspecified atom stereocenters. The highest BCUT2D eigenvalue weighted by atomic mass is 79.9. The first-order valence-corrected chi connectivity index (χ1v) is 7.33. The number of nitro benzene ring substituents is 1. The summed E-state index contributed by atoms with van der Waals surface area (Å²) in [5.41, 5.74) is 1.14. The summed E-state index contributed by atoms with van der Waals surface area (Å²) in [6.07, 6.45) is 4.12. The molecule has 94 valence electrons. The van der Waals surface area contributed by atoms with Crippen LogP contribution in [0.4, 0.5) is 5.69 Å². The summed E-state index contributed by atoms with van der Waals surface area (Å²) in [7, 11) is 0. The molecule has 0 saturated carbocycles. The van der Waals surface area contributed by atoms with Crippen molar-refractivity contribution in [2.24, 2.45) is 0 Å². The highest BCUT2D eigenvalue weighted by Crippen LogP contribution is 2.30. The van der Waals surface area contributed by atoms with Crippen LogP contribution in [0.3, 0.4) is 0 Å². The maximum atomic E-state index is 10.8. The van der Waals surface area contributed by atoms with E-state index >= 15 is 0 Å². The van der Waals surface area contributed by atoms with Crippen LogP contribution in [0.1, 0.15) is 31.7 Å². The van der Waals surface area contributed by atoms with Crippen LogP contribution in [0.5, 0.6) is 0 Å². The first kappa shape index (κ1) is 14.6. The zero-order valence-electron chi connectivity index (χ0n) is 9.66. The number of hydrogen-bond acceptors (Lipinski definition) is 2. The second kappa shape index (κ2) is 7.11. The molecule has 0 spiro atoms. The predicted molar refractivity (Wildman–Crippen MR) is 76.7 cm³/mol. The summed E-state index contributed by atoms with van der Waals surface area (Å²) >= 11 is 6.93. The van der Waals surface area contributed by atoms with E-state index in [1.807, 2.05) is 6.07 Å². The number of benzene rings is 1. The third-order valence-corrected chi connectivity index (χ3v) is 4.42. The Hall–Kier alpha value is -0.420. The smallest absolute Gasteiger partial charge is 0.258 e. The highest BCUT2D eigenvalue weighted by Gasteiger charge is 2.15. The van der Waals surface area contributed by atoms with Gasteiger partial charge in [0.15, 0.2) is 0 Å². The van der Waals surface area contributed by atoms with Crippen molar-refractivity contribution in [3.8, 4) is 0 Å². The van der Waals surface area contributed by atoms with Gasteiger partial charge in [-0.3, -0.25) is 10.1 Å². The normalized spacial score (nSPS) is 12.4. The molecule has 0 aliphatic carbocycles. The van der Waals surface area contributed by atoms with Crippen molar-refractivity contribution in [3.05, 3.63) is 38.3 Å². The Morgan fingerprint density at radius 3 is 2.71 bits per heavy atom. The fourth-order valence-electron chi connectivity index (χ4n) is 1.67. The molecule has 0 heterocycles. The van der Waals surface area contributed by atoms with Crippen LogP contribution in [0, 0.1) is 10.1 Å². The van der Waals surface area contributed by atoms with Crippen molar-refractivity contribution in [1.29, 1.82) is 0 Å². The van der Waals surface area contributed by atoms with Crippen LogP contribution in [0.25, 0.3) is 0 Å². The number of hydrogen-bond donors (Lipinski definition) is 0. The standard InChI is InChI=1S/C12H15Br2NO2/c1-2-4-10(13)8-7-9-5-3-6-11(12(9)14)15(16)17/h3,5-6,10H,2,4,7-8H2,1H3. The van der Waals surface area contributed by atoms with E-state index in [9.17, 15) is 10.1 Å². The lowest BCUT2D eigenvalue weighted by Crippen LogP contribution is -2.01. The highest BCUT2D eigenvalue weighted by molar-refractivity contribution is 9.10. The lowest BCUT2D eigenvalue weighted by atomic mass is 10.1. The lowest BCUT2D eigenvalue weighted by Gasteiger charge is -2.09. The van der Waals surface area contributed by atoms with Crippen LogP contribution >= 0.6 is 31.9 Å². The fraction of sp³-hybridized carbons (Fsp3) is 0.500. The molecule has 17 heavy (non-hydrogen) atoms. The summed E-state index contributed by atoms with van der Waals surface area (Å²) in [5, 5.41) is 10.8. The number of aryl methyl sites for hydroxylation is 1. The van der Waals surface area contributed by atoms with Crippen molar-refractivity contribution in [2.75, 3.05) is 0 Å². The van der Waals surface area contributed by atoms with E-state index in [-0.39, 0.29) is 10.6 Å². The Bertz CT molecular complexity index is 396. The molecule has 1 rings (SSSR count). The van der Waals surface area contributed by atoms with E-state index in [0.717, 1.165) is 31.2 Å². The van der Waals surface area contributed by atoms with Gasteiger partial charge in [0.1, 0.15) is 0 Å². The Morgan fingerprint density at radius 1 is 1.41 bits per heavy atom. The van der Waals surface area contributed by atoms with Gasteiger partial charge in [-0.25, -0.2) is 0 Å². The minimum Gasteiger partial charge on any atom is -0.258 e. The molecule has 0 aromatic heterocycles. The summed E-state index contributed by atoms with van der Waals surface area (Å²) in [6.45, 7) is 2.15. The molecule has 0 saturated heterocycles. The minimum atomic E-state index is -0.356. The molecule has 0 amide bonds. The molecular weight excluding hydrogens is 350 g/mol. The van der Waals surface area contributed by atoms with Gasteiger partial charge in [0.05, 0.1) is 9.40 Å². The lowest BCUT2D eigenvalue weighted by molar-refractivity contribution is -0.385. The molecule has 1 aromatic carbocycles. The van der Waals surface area contributed by atoms with Crippen molar-refractivity contribution in [2.45, 2.75) is 37.4 Å². The molecule has 0 bridgehead atoms. The van der Waals surface area contributed by atoms with E-state index in [1.165, 1.54) is 6.07 Å². The Balaban J connectivity index is 2.72. The first-order chi connectivity index (χ1) is 8.06. The van der Waals surface area contributed by atoms with Crippen LogP contribution in [-0.4, -0.2) is 9.75 Å². The maximum absolute atomic E-state index is 10.8. The predicted octanol–water partition coefficient (Wildman–Crippen LogP) is 4.85. The van der Waals surface area contributed by atoms with Gasteiger partial charge in [0, 0.05) is 10.9 Å². The van der Waals surface area contributed by atoms with Gasteiger partial charge in [-0.1, -0.05) is 41.4 Å². The van der Waals surface area contributed by atoms with Gasteiger partial charge >= 0.3 is 0 Å². The van der Waals surface area contributed by atoms with E-state index in [2.05, 4.69) is 38.8 Å². The monoisotopic (exact) mass is 363 g/mol. The summed E-state index contributed by atoms with van der Waals surface area (Å²) < 4.78 is 0.612. The molecule has 1 atom stereocenters. The van der Waals surface area contributed by atoms with E-state index in [4.69, 9.17) is 0 Å². The van der Waals surface area contributed by atoms with Gasteiger partial charge in [-0.15, -0.1) is 0 Å². The van der Waals surface area contributed by atoms with Gasteiger partial charge in [0.25, 0.3) is 5.69 Å². The third kappa shape index (κ3) is 4.39. The van der Waals surface area contributed by atoms with Crippen molar-refractivity contribution in [1.82, 2.24) is 0 Å². The van der Waals surface area contributed by atoms with Crippen molar-refractivity contribution >= 4 is 37.5 Å². The molecule has 5 heteroatoms. The van der Waals surface area contributed by atoms with Gasteiger partial charge < -0.3 is 0 Å². The zero-order chi connectivity index (χ0) is 12.8. The summed E-state index contributed by atoms with van der Waals surface area (Å²) in [6, 6.07) is 5.19. The average molecular weight is 365 g/mol. The Kier molecular flexibility index (Phi) is 6.12. The Morgan fingerprint density at radius 2 is 2.12 bits per heavy atom. The zero-order valence-corrected chi connectivity index (χ0v) is 12.8. The second-order valence-corrected chi connectivity index (χ2v) is 6.02. The second-order valence-electron chi connectivity index (χ2n) is 3.93. The average Bonchev–Trinajstić information content (AvgIpc) is 2.27. The number of nitrogens with zero attached hydrogens (tertiary/aromatic N) is 1. The minimum absolute atomic E-state index is 0.143. The summed E-state index contributed by atoms with van der Waals surface area (Å²) in [5.74, 6) is 0. The molecule has 0 radical (unpaired) electrons. The van der Waals surface area contributed by atoms with Crippen molar-refractivity contribution < 1.29 is 4.92 Å². The SMILES string of the molecule is CCCC(Br)CCc1cccc([N+](=O)[O-])c1Br. The number of halogens is 2. The molecule has 0 aliphatic heterocycles. The maximum Gasteiger partial charge on any atom is 0.283 e. The van der Waals surface area contributed by atoms with Crippen LogP contribution in [-0.2, 0) is 6.42 Å². The number of alkyl halides is 1. The molecule has 3 nitrogen and oxygen atoms in total. The number of nitro groups is 1. The topological polar surface area (TPSA) is 43.1 Å². The van der Waals surface area contributed by atoms with Gasteiger partial charge in [0.2, 0.25) is 0 Å². The van der Waals surface area contributed by atoms with Gasteiger partial charge in [-0.05, 0) is 40.8 Å². The van der Waals surface area contributed by atoms with Gasteiger partial charge in [-0.2, -0.15) is 0 Å². The first-order valence-electron chi connectivity index (χ1n) is 5.62.